The van der Waals surface area contributed by atoms with Crippen LogP contribution in [0.2, 0.25) is 19.6 Å². The van der Waals surface area contributed by atoms with Gasteiger partial charge in [0, 0.05) is 6.42 Å². The smallest absolute Gasteiger partial charge is 0.245 e. The van der Waals surface area contributed by atoms with Crippen molar-refractivity contribution in [1.82, 2.24) is 5.06 Å². The van der Waals surface area contributed by atoms with Crippen molar-refractivity contribution >= 4 is 14.2 Å². The fourth-order valence-corrected chi connectivity index (χ4v) is 3.68. The Kier molecular flexibility index (Phi) is 3.40. The molecule has 1 aliphatic carbocycles. The van der Waals surface area contributed by atoms with Crippen molar-refractivity contribution in [1.29, 1.82) is 0 Å². The topological polar surface area (TPSA) is 29.5 Å². The third-order valence-electron chi connectivity index (χ3n) is 3.52. The molecule has 3 nitrogen and oxygen atoms in total. The zero-order valence-corrected chi connectivity index (χ0v) is 11.7. The summed E-state index contributed by atoms with van der Waals surface area (Å²) >= 11 is 0. The Balaban J connectivity index is 2.09. The van der Waals surface area contributed by atoms with Crippen LogP contribution >= 0.6 is 0 Å². The zero-order chi connectivity index (χ0) is 11.8. The Labute approximate surface area is 99.2 Å². The van der Waals surface area contributed by atoms with Crippen LogP contribution in [0.5, 0.6) is 0 Å². The first-order valence-electron chi connectivity index (χ1n) is 6.48. The molecular weight excluding hydrogens is 218 g/mol. The molecule has 1 amide bonds. The first kappa shape index (κ1) is 12.1. The minimum Gasteiger partial charge on any atom is -0.317 e. The largest absolute Gasteiger partial charge is 0.317 e. The van der Waals surface area contributed by atoms with Gasteiger partial charge in [0.05, 0.1) is 6.04 Å². The van der Waals surface area contributed by atoms with Crippen molar-refractivity contribution in [2.75, 3.05) is 0 Å². The monoisotopic (exact) mass is 241 g/mol. The molecule has 0 bridgehead atoms. The third-order valence-corrected chi connectivity index (χ3v) is 4.26. The molecule has 0 aromatic rings. The van der Waals surface area contributed by atoms with Gasteiger partial charge in [0.25, 0.3) is 0 Å². The van der Waals surface area contributed by atoms with Gasteiger partial charge in [0.2, 0.25) is 14.2 Å². The second-order valence-corrected chi connectivity index (χ2v) is 10.5. The lowest BCUT2D eigenvalue weighted by Crippen LogP contribution is -2.53. The summed E-state index contributed by atoms with van der Waals surface area (Å²) in [5.74, 6) is 0.911. The van der Waals surface area contributed by atoms with E-state index >= 15 is 0 Å². The van der Waals surface area contributed by atoms with Gasteiger partial charge in [-0.25, -0.2) is 5.06 Å². The Hall–Kier alpha value is -0.353. The summed E-state index contributed by atoms with van der Waals surface area (Å²) in [5.41, 5.74) is 0. The fourth-order valence-electron chi connectivity index (χ4n) is 2.85. The Morgan fingerprint density at radius 1 is 1.19 bits per heavy atom. The molecule has 0 aromatic heterocycles. The first-order chi connectivity index (χ1) is 7.47. The normalized spacial score (nSPS) is 31.4. The van der Waals surface area contributed by atoms with Crippen LogP contribution in [0, 0.1) is 5.92 Å². The maximum atomic E-state index is 12.0. The van der Waals surface area contributed by atoms with Gasteiger partial charge < -0.3 is 4.53 Å². The highest BCUT2D eigenvalue weighted by Gasteiger charge is 2.39. The molecule has 0 N–H and O–H groups in total. The molecular formula is C12H23NO2Si. The molecule has 1 saturated carbocycles. The predicted octanol–water partition coefficient (Wildman–Crippen LogP) is 2.93. The van der Waals surface area contributed by atoms with Crippen molar-refractivity contribution in [3.8, 4) is 0 Å². The van der Waals surface area contributed by atoms with Crippen molar-refractivity contribution in [3.63, 3.8) is 0 Å². The average molecular weight is 241 g/mol. The maximum Gasteiger partial charge on any atom is 0.245 e. The van der Waals surface area contributed by atoms with Crippen LogP contribution in [0.1, 0.15) is 38.5 Å². The Morgan fingerprint density at radius 3 is 2.56 bits per heavy atom. The molecule has 1 heterocycles. The van der Waals surface area contributed by atoms with Crippen LogP contribution < -0.4 is 0 Å². The fraction of sp³-hybridized carbons (Fsp3) is 0.917. The molecule has 4 heteroatoms. The molecule has 2 unspecified atom stereocenters. The lowest BCUT2D eigenvalue weighted by atomic mass is 9.79. The minimum absolute atomic E-state index is 0.213. The average Bonchev–Trinajstić information content (AvgIpc) is 2.21. The molecule has 16 heavy (non-hydrogen) atoms. The quantitative estimate of drug-likeness (QED) is 0.696. The third kappa shape index (κ3) is 2.66. The van der Waals surface area contributed by atoms with Crippen molar-refractivity contribution in [2.24, 2.45) is 5.92 Å². The molecule has 1 saturated heterocycles. The molecule has 0 spiro atoms. The number of hydroxylamine groups is 2. The summed E-state index contributed by atoms with van der Waals surface area (Å²) in [6.07, 6.45) is 6.77. The summed E-state index contributed by atoms with van der Waals surface area (Å²) in [5, 5.41) is 1.76. The number of hydrogen-bond donors (Lipinski definition) is 0. The van der Waals surface area contributed by atoms with E-state index in [-0.39, 0.29) is 5.91 Å². The van der Waals surface area contributed by atoms with Gasteiger partial charge in [0.1, 0.15) is 0 Å². The van der Waals surface area contributed by atoms with Crippen LogP contribution in [-0.2, 0) is 9.32 Å². The highest BCUT2D eigenvalue weighted by atomic mass is 28.4. The van der Waals surface area contributed by atoms with Crippen molar-refractivity contribution in [3.05, 3.63) is 0 Å². The lowest BCUT2D eigenvalue weighted by Gasteiger charge is -2.45. The van der Waals surface area contributed by atoms with Crippen LogP contribution in [-0.4, -0.2) is 25.3 Å². The van der Waals surface area contributed by atoms with Crippen molar-refractivity contribution in [2.45, 2.75) is 64.2 Å². The van der Waals surface area contributed by atoms with Crippen LogP contribution in [0.4, 0.5) is 0 Å². The lowest BCUT2D eigenvalue weighted by molar-refractivity contribution is -0.184. The number of rotatable bonds is 2. The van der Waals surface area contributed by atoms with Crippen molar-refractivity contribution < 1.29 is 9.32 Å². The van der Waals surface area contributed by atoms with Crippen LogP contribution in [0.15, 0.2) is 0 Å². The Morgan fingerprint density at radius 2 is 1.88 bits per heavy atom. The van der Waals surface area contributed by atoms with E-state index in [2.05, 4.69) is 19.6 Å². The van der Waals surface area contributed by atoms with Gasteiger partial charge in [-0.1, -0.05) is 12.8 Å². The standard InChI is InChI=1S/C12H23NO2Si/c1-16(2,3)15-13-11-7-5-4-6-10(11)8-9-12(13)14/h10-11H,4-9H2,1-3H3. The van der Waals surface area contributed by atoms with E-state index in [1.807, 2.05) is 0 Å². The number of carbonyl (C=O) groups is 1. The SMILES string of the molecule is C[Si](C)(C)ON1C(=O)CCC2CCCCC21. The van der Waals surface area contributed by atoms with Gasteiger partial charge in [-0.15, -0.1) is 0 Å². The predicted molar refractivity (Wildman–Crippen MR) is 66.3 cm³/mol. The van der Waals surface area contributed by atoms with Crippen LogP contribution in [0.25, 0.3) is 0 Å². The highest BCUT2D eigenvalue weighted by molar-refractivity contribution is 6.69. The zero-order valence-electron chi connectivity index (χ0n) is 10.7. The Bertz CT molecular complexity index is 275. The highest BCUT2D eigenvalue weighted by Crippen LogP contribution is 2.36. The molecule has 0 aromatic carbocycles. The summed E-state index contributed by atoms with van der Waals surface area (Å²) in [6.45, 7) is 6.44. The van der Waals surface area contributed by atoms with Gasteiger partial charge >= 0.3 is 0 Å². The molecule has 92 valence electrons. The van der Waals surface area contributed by atoms with Gasteiger partial charge in [-0.3, -0.25) is 4.79 Å². The molecule has 1 aliphatic heterocycles. The van der Waals surface area contributed by atoms with Gasteiger partial charge in [-0.2, -0.15) is 0 Å². The minimum atomic E-state index is -1.66. The summed E-state index contributed by atoms with van der Waals surface area (Å²) in [7, 11) is -1.66. The molecule has 2 atom stereocenters. The van der Waals surface area contributed by atoms with Gasteiger partial charge in [-0.05, 0) is 44.8 Å². The number of hydrogen-bond acceptors (Lipinski definition) is 2. The first-order valence-corrected chi connectivity index (χ1v) is 9.89. The number of piperidine rings is 1. The van der Waals surface area contributed by atoms with E-state index in [0.717, 1.165) is 12.8 Å². The van der Waals surface area contributed by atoms with E-state index in [9.17, 15) is 4.79 Å². The molecule has 2 aliphatic rings. The van der Waals surface area contributed by atoms with E-state index in [1.54, 1.807) is 5.06 Å². The molecule has 2 fully saturated rings. The van der Waals surface area contributed by atoms with E-state index in [0.29, 0.717) is 18.4 Å². The molecule has 2 rings (SSSR count). The van der Waals surface area contributed by atoms with E-state index in [4.69, 9.17) is 4.53 Å². The number of fused-ring (bicyclic) bond motifs is 1. The van der Waals surface area contributed by atoms with E-state index < -0.39 is 8.32 Å². The molecule has 0 radical (unpaired) electrons. The summed E-state index contributed by atoms with van der Waals surface area (Å²) < 4.78 is 5.98. The summed E-state index contributed by atoms with van der Waals surface area (Å²) in [6, 6.07) is 0.377. The van der Waals surface area contributed by atoms with E-state index in [1.165, 1.54) is 19.3 Å². The number of carbonyl (C=O) groups excluding carboxylic acids is 1. The number of nitrogens with zero attached hydrogens (tertiary/aromatic N) is 1. The summed E-state index contributed by atoms with van der Waals surface area (Å²) in [4.78, 5) is 12.0. The number of amides is 1. The second-order valence-electron chi connectivity index (χ2n) is 6.07. The second kappa shape index (κ2) is 4.49. The van der Waals surface area contributed by atoms with Crippen LogP contribution in [0.3, 0.4) is 0 Å². The van der Waals surface area contributed by atoms with Gasteiger partial charge in [0.15, 0.2) is 0 Å². The maximum absolute atomic E-state index is 12.0.